The molecule has 1 amide bonds. The van der Waals surface area contributed by atoms with E-state index in [1.165, 1.54) is 11.3 Å². The monoisotopic (exact) mass is 368 g/mol. The summed E-state index contributed by atoms with van der Waals surface area (Å²) in [6.45, 7) is 3.40. The standard InChI is InChI=1S/C19H20N4O2S/c1-20-19(25)13-2-4-14(5-3-13)22-7-9-23(10-8-22)17-12-16(24)18-15(21-17)6-11-26-18/h2-6,11H,7-10,12H2,1H3,(H,20,25). The molecule has 6 nitrogen and oxygen atoms in total. The number of Topliss-reactive ketones (excluding diaryl/α,β-unsaturated/α-hetero) is 1. The minimum absolute atomic E-state index is 0.0749. The summed E-state index contributed by atoms with van der Waals surface area (Å²) in [7, 11) is 1.63. The molecule has 26 heavy (non-hydrogen) atoms. The number of fused-ring (bicyclic) bond motifs is 1. The first kappa shape index (κ1) is 16.8. The van der Waals surface area contributed by atoms with Crippen LogP contribution >= 0.6 is 11.3 Å². The van der Waals surface area contributed by atoms with Gasteiger partial charge in [0.15, 0.2) is 5.78 Å². The molecular formula is C19H20N4O2S. The zero-order valence-corrected chi connectivity index (χ0v) is 15.4. The quantitative estimate of drug-likeness (QED) is 0.885. The van der Waals surface area contributed by atoms with E-state index in [-0.39, 0.29) is 11.7 Å². The number of hydrogen-bond acceptors (Lipinski definition) is 6. The Morgan fingerprint density at radius 1 is 1.08 bits per heavy atom. The predicted octanol–water partition coefficient (Wildman–Crippen LogP) is 2.55. The van der Waals surface area contributed by atoms with E-state index in [2.05, 4.69) is 20.1 Å². The van der Waals surface area contributed by atoms with Gasteiger partial charge in [0.25, 0.3) is 5.91 Å². The average molecular weight is 368 g/mol. The number of aliphatic imine (C=N–C) groups is 1. The SMILES string of the molecule is CNC(=O)c1ccc(N2CCN(C3=Nc4ccsc4C(=O)C3)CC2)cc1. The van der Waals surface area contributed by atoms with Gasteiger partial charge in [-0.2, -0.15) is 0 Å². The van der Waals surface area contributed by atoms with Gasteiger partial charge in [0.1, 0.15) is 5.84 Å². The van der Waals surface area contributed by atoms with Crippen LogP contribution in [0, 0.1) is 0 Å². The third-order valence-corrected chi connectivity index (χ3v) is 5.78. The number of hydrogen-bond donors (Lipinski definition) is 1. The summed E-state index contributed by atoms with van der Waals surface area (Å²) >= 11 is 1.47. The molecule has 0 saturated carbocycles. The van der Waals surface area contributed by atoms with Crippen LogP contribution in [0.2, 0.25) is 0 Å². The van der Waals surface area contributed by atoms with Gasteiger partial charge in [0, 0.05) is 44.5 Å². The van der Waals surface area contributed by atoms with Crippen LogP contribution in [0.4, 0.5) is 11.4 Å². The van der Waals surface area contributed by atoms with Gasteiger partial charge in [-0.05, 0) is 35.7 Å². The van der Waals surface area contributed by atoms with Crippen molar-refractivity contribution in [2.75, 3.05) is 38.1 Å². The summed E-state index contributed by atoms with van der Waals surface area (Å²) in [5.41, 5.74) is 2.59. The highest BCUT2D eigenvalue weighted by Gasteiger charge is 2.27. The Kier molecular flexibility index (Phi) is 4.46. The number of ketones is 1. The highest BCUT2D eigenvalue weighted by atomic mass is 32.1. The number of nitrogens with zero attached hydrogens (tertiary/aromatic N) is 3. The lowest BCUT2D eigenvalue weighted by Gasteiger charge is -2.38. The molecule has 4 rings (SSSR count). The normalized spacial score (nSPS) is 17.0. The van der Waals surface area contributed by atoms with Crippen LogP contribution in [0.1, 0.15) is 26.5 Å². The Morgan fingerprint density at radius 3 is 2.46 bits per heavy atom. The zero-order valence-electron chi connectivity index (χ0n) is 14.6. The number of benzene rings is 1. The van der Waals surface area contributed by atoms with Crippen molar-refractivity contribution >= 4 is 40.2 Å². The molecule has 1 aromatic heterocycles. The van der Waals surface area contributed by atoms with E-state index in [1.807, 2.05) is 35.7 Å². The number of amides is 1. The largest absolute Gasteiger partial charge is 0.368 e. The predicted molar refractivity (Wildman–Crippen MR) is 104 cm³/mol. The third kappa shape index (κ3) is 3.10. The summed E-state index contributed by atoms with van der Waals surface area (Å²) in [5, 5.41) is 4.56. The zero-order chi connectivity index (χ0) is 18.1. The van der Waals surface area contributed by atoms with Gasteiger partial charge < -0.3 is 15.1 Å². The molecule has 3 heterocycles. The maximum absolute atomic E-state index is 12.3. The van der Waals surface area contributed by atoms with Gasteiger partial charge in [0.05, 0.1) is 17.0 Å². The molecule has 2 aliphatic rings. The van der Waals surface area contributed by atoms with Crippen molar-refractivity contribution < 1.29 is 9.59 Å². The fourth-order valence-electron chi connectivity index (χ4n) is 3.37. The number of amidine groups is 1. The summed E-state index contributed by atoms with van der Waals surface area (Å²) in [6.07, 6.45) is 0.397. The minimum atomic E-state index is -0.0749. The molecular weight excluding hydrogens is 348 g/mol. The van der Waals surface area contributed by atoms with E-state index >= 15 is 0 Å². The van der Waals surface area contributed by atoms with Gasteiger partial charge in [-0.3, -0.25) is 9.59 Å². The second kappa shape index (κ2) is 6.92. The second-order valence-electron chi connectivity index (χ2n) is 6.36. The number of anilines is 1. The molecule has 134 valence electrons. The second-order valence-corrected chi connectivity index (χ2v) is 7.28. The van der Waals surface area contributed by atoms with Crippen molar-refractivity contribution in [2.24, 2.45) is 4.99 Å². The van der Waals surface area contributed by atoms with Crippen LogP contribution < -0.4 is 10.2 Å². The number of carbonyl (C=O) groups excluding carboxylic acids is 2. The van der Waals surface area contributed by atoms with E-state index in [4.69, 9.17) is 0 Å². The first-order valence-corrected chi connectivity index (χ1v) is 9.54. The van der Waals surface area contributed by atoms with Crippen LogP contribution in [0.25, 0.3) is 0 Å². The minimum Gasteiger partial charge on any atom is -0.368 e. The number of carbonyl (C=O) groups is 2. The lowest BCUT2D eigenvalue weighted by atomic mass is 10.1. The summed E-state index contributed by atoms with van der Waals surface area (Å²) in [6, 6.07) is 9.59. The van der Waals surface area contributed by atoms with Crippen molar-refractivity contribution in [2.45, 2.75) is 6.42 Å². The third-order valence-electron chi connectivity index (χ3n) is 4.83. The first-order chi connectivity index (χ1) is 12.7. The van der Waals surface area contributed by atoms with Crippen LogP contribution in [-0.2, 0) is 0 Å². The first-order valence-electron chi connectivity index (χ1n) is 8.66. The lowest BCUT2D eigenvalue weighted by Crippen LogP contribution is -2.49. The summed E-state index contributed by atoms with van der Waals surface area (Å²) in [5.74, 6) is 0.983. The number of thiophene rings is 1. The highest BCUT2D eigenvalue weighted by molar-refractivity contribution is 7.12. The van der Waals surface area contributed by atoms with E-state index < -0.39 is 0 Å². The summed E-state index contributed by atoms with van der Waals surface area (Å²) in [4.78, 5) is 33.9. The molecule has 0 radical (unpaired) electrons. The fraction of sp³-hybridized carbons (Fsp3) is 0.316. The van der Waals surface area contributed by atoms with Crippen LogP contribution in [0.3, 0.4) is 0 Å². The molecule has 0 bridgehead atoms. The summed E-state index contributed by atoms with van der Waals surface area (Å²) < 4.78 is 0. The molecule has 1 fully saturated rings. The smallest absolute Gasteiger partial charge is 0.251 e. The average Bonchev–Trinajstić information content (AvgIpc) is 3.17. The van der Waals surface area contributed by atoms with E-state index in [1.54, 1.807) is 7.05 Å². The van der Waals surface area contributed by atoms with Gasteiger partial charge in [0.2, 0.25) is 0 Å². The molecule has 0 unspecified atom stereocenters. The molecule has 1 saturated heterocycles. The van der Waals surface area contributed by atoms with Gasteiger partial charge in [-0.15, -0.1) is 11.3 Å². The number of rotatable bonds is 2. The van der Waals surface area contributed by atoms with E-state index in [0.29, 0.717) is 12.0 Å². The van der Waals surface area contributed by atoms with E-state index in [0.717, 1.165) is 48.3 Å². The molecule has 1 N–H and O–H groups in total. The number of piperazine rings is 1. The van der Waals surface area contributed by atoms with Crippen molar-refractivity contribution in [1.82, 2.24) is 10.2 Å². The molecule has 2 aliphatic heterocycles. The maximum atomic E-state index is 12.3. The topological polar surface area (TPSA) is 65.0 Å². The Morgan fingerprint density at radius 2 is 1.77 bits per heavy atom. The maximum Gasteiger partial charge on any atom is 0.251 e. The molecule has 2 aromatic rings. The van der Waals surface area contributed by atoms with Crippen LogP contribution in [0.5, 0.6) is 0 Å². The van der Waals surface area contributed by atoms with Crippen molar-refractivity contribution in [3.05, 3.63) is 46.2 Å². The van der Waals surface area contributed by atoms with Crippen molar-refractivity contribution in [1.29, 1.82) is 0 Å². The Balaban J connectivity index is 1.42. The molecule has 0 spiro atoms. The molecule has 7 heteroatoms. The fourth-order valence-corrected chi connectivity index (χ4v) is 4.15. The lowest BCUT2D eigenvalue weighted by molar-refractivity contribution is 0.0961. The molecule has 0 atom stereocenters. The van der Waals surface area contributed by atoms with Gasteiger partial charge in [-0.1, -0.05) is 0 Å². The Bertz CT molecular complexity index is 864. The molecule has 0 aliphatic carbocycles. The van der Waals surface area contributed by atoms with Crippen LogP contribution in [0.15, 0.2) is 40.7 Å². The van der Waals surface area contributed by atoms with Crippen molar-refractivity contribution in [3.8, 4) is 0 Å². The molecule has 1 aromatic carbocycles. The van der Waals surface area contributed by atoms with Crippen molar-refractivity contribution in [3.63, 3.8) is 0 Å². The number of nitrogens with one attached hydrogen (secondary N) is 1. The Labute approximate surface area is 156 Å². The van der Waals surface area contributed by atoms with Crippen LogP contribution in [-0.4, -0.2) is 55.7 Å². The van der Waals surface area contributed by atoms with E-state index in [9.17, 15) is 9.59 Å². The van der Waals surface area contributed by atoms with Gasteiger partial charge in [-0.25, -0.2) is 4.99 Å². The Hall–Kier alpha value is -2.67. The van der Waals surface area contributed by atoms with Gasteiger partial charge >= 0.3 is 0 Å². The highest BCUT2D eigenvalue weighted by Crippen LogP contribution is 2.31.